The highest BCUT2D eigenvalue weighted by Gasteiger charge is 2.55. The average molecular weight is 303 g/mol. The fraction of sp³-hybridized carbons (Fsp3) is 0.250. The van der Waals surface area contributed by atoms with Crippen molar-refractivity contribution < 1.29 is 9.59 Å². The molecule has 23 heavy (non-hydrogen) atoms. The number of benzene rings is 2. The van der Waals surface area contributed by atoms with Gasteiger partial charge in [-0.15, -0.1) is 0 Å². The highest BCUT2D eigenvalue weighted by atomic mass is 16.1. The van der Waals surface area contributed by atoms with Gasteiger partial charge in [0.15, 0.2) is 11.6 Å². The van der Waals surface area contributed by atoms with E-state index in [1.807, 2.05) is 56.3 Å². The number of Topliss-reactive ketones (excluding diaryl/α,β-unsaturated/α-hetero) is 2. The van der Waals surface area contributed by atoms with Crippen molar-refractivity contribution in [2.45, 2.75) is 19.4 Å². The van der Waals surface area contributed by atoms with E-state index < -0.39 is 17.4 Å². The summed E-state index contributed by atoms with van der Waals surface area (Å²) in [6, 6.07) is 16.8. The van der Waals surface area contributed by atoms with Crippen LogP contribution in [0.4, 0.5) is 0 Å². The zero-order valence-corrected chi connectivity index (χ0v) is 13.1. The summed E-state index contributed by atoms with van der Waals surface area (Å²) < 4.78 is 0. The van der Waals surface area contributed by atoms with Crippen molar-refractivity contribution in [2.24, 2.45) is 16.8 Å². The molecule has 2 aliphatic rings. The van der Waals surface area contributed by atoms with Gasteiger partial charge in [0.1, 0.15) is 0 Å². The Morgan fingerprint density at radius 1 is 0.826 bits per heavy atom. The van der Waals surface area contributed by atoms with Gasteiger partial charge in [-0.05, 0) is 19.4 Å². The van der Waals surface area contributed by atoms with E-state index in [4.69, 9.17) is 4.99 Å². The van der Waals surface area contributed by atoms with Crippen LogP contribution in [0.15, 0.2) is 59.6 Å². The summed E-state index contributed by atoms with van der Waals surface area (Å²) in [5.74, 6) is -0.849. The lowest BCUT2D eigenvalue weighted by Gasteiger charge is -2.32. The fourth-order valence-corrected chi connectivity index (χ4v) is 3.86. The van der Waals surface area contributed by atoms with E-state index in [-0.39, 0.29) is 11.6 Å². The number of rotatable bonds is 1. The Balaban J connectivity index is 1.92. The zero-order chi connectivity index (χ0) is 16.2. The molecule has 0 saturated carbocycles. The molecule has 2 atom stereocenters. The number of nitrogens with zero attached hydrogens (tertiary/aromatic N) is 1. The molecule has 0 aromatic heterocycles. The number of ketones is 2. The van der Waals surface area contributed by atoms with Gasteiger partial charge in [-0.2, -0.15) is 0 Å². The van der Waals surface area contributed by atoms with Crippen molar-refractivity contribution in [2.75, 3.05) is 0 Å². The van der Waals surface area contributed by atoms with Crippen molar-refractivity contribution in [3.05, 3.63) is 71.3 Å². The number of carbonyl (C=O) groups excluding carboxylic acids is 2. The third-order valence-electron chi connectivity index (χ3n) is 4.89. The maximum atomic E-state index is 13.1. The Morgan fingerprint density at radius 2 is 1.39 bits per heavy atom. The van der Waals surface area contributed by atoms with Crippen molar-refractivity contribution in [1.29, 1.82) is 0 Å². The van der Waals surface area contributed by atoms with Crippen molar-refractivity contribution in [3.8, 4) is 0 Å². The Hall–Kier alpha value is -2.55. The van der Waals surface area contributed by atoms with E-state index in [1.54, 1.807) is 12.1 Å². The van der Waals surface area contributed by atoms with Gasteiger partial charge in [-0.1, -0.05) is 54.6 Å². The molecular formula is C20H17NO2. The Kier molecular flexibility index (Phi) is 2.89. The van der Waals surface area contributed by atoms with Gasteiger partial charge in [0.25, 0.3) is 0 Å². The van der Waals surface area contributed by atoms with Gasteiger partial charge in [0, 0.05) is 11.1 Å². The smallest absolute Gasteiger partial charge is 0.173 e. The molecule has 2 aromatic rings. The van der Waals surface area contributed by atoms with E-state index >= 15 is 0 Å². The van der Waals surface area contributed by atoms with E-state index in [0.29, 0.717) is 11.1 Å². The largest absolute Gasteiger partial charge is 0.294 e. The predicted molar refractivity (Wildman–Crippen MR) is 89.1 cm³/mol. The van der Waals surface area contributed by atoms with Gasteiger partial charge >= 0.3 is 0 Å². The number of aliphatic imine (C=N–C) groups is 1. The molecule has 0 spiro atoms. The summed E-state index contributed by atoms with van der Waals surface area (Å²) in [5, 5.41) is 0. The van der Waals surface area contributed by atoms with Crippen LogP contribution in [-0.4, -0.2) is 22.8 Å². The van der Waals surface area contributed by atoms with Crippen LogP contribution in [0.5, 0.6) is 0 Å². The minimum Gasteiger partial charge on any atom is -0.294 e. The first-order valence-electron chi connectivity index (χ1n) is 7.83. The molecule has 3 heteroatoms. The highest BCUT2D eigenvalue weighted by molar-refractivity contribution is 6.28. The molecule has 114 valence electrons. The Labute approximate surface area is 135 Å². The first-order chi connectivity index (χ1) is 11.0. The van der Waals surface area contributed by atoms with Crippen LogP contribution >= 0.6 is 0 Å². The van der Waals surface area contributed by atoms with Crippen molar-refractivity contribution in [1.82, 2.24) is 0 Å². The molecule has 4 rings (SSSR count). The van der Waals surface area contributed by atoms with Crippen LogP contribution in [0, 0.1) is 11.8 Å². The van der Waals surface area contributed by atoms with E-state index in [2.05, 4.69) is 0 Å². The first-order valence-corrected chi connectivity index (χ1v) is 7.83. The highest BCUT2D eigenvalue weighted by Crippen LogP contribution is 2.45. The molecule has 0 saturated heterocycles. The Morgan fingerprint density at radius 3 is 2.04 bits per heavy atom. The average Bonchev–Trinajstić information content (AvgIpc) is 2.85. The van der Waals surface area contributed by atoms with Crippen LogP contribution in [0.1, 0.15) is 40.1 Å². The molecule has 2 unspecified atom stereocenters. The second kappa shape index (κ2) is 4.72. The lowest BCUT2D eigenvalue weighted by molar-refractivity contribution is 0.0744. The van der Waals surface area contributed by atoms with Gasteiger partial charge in [0.2, 0.25) is 0 Å². The standard InChI is InChI=1S/C20H17NO2/c1-20(2)16-15(17(21-20)12-8-4-3-5-9-12)18(22)13-10-6-7-11-14(13)19(16)23/h3-11,15-16H,1-2H3. The zero-order valence-electron chi connectivity index (χ0n) is 13.1. The van der Waals surface area contributed by atoms with E-state index in [9.17, 15) is 9.59 Å². The predicted octanol–water partition coefficient (Wildman–Crippen LogP) is 3.58. The SMILES string of the molecule is CC1(C)N=C(c2ccccc2)C2C(=O)c3ccccc3C(=O)C21. The molecular weight excluding hydrogens is 286 g/mol. The van der Waals surface area contributed by atoms with Crippen LogP contribution in [-0.2, 0) is 0 Å². The van der Waals surface area contributed by atoms with Crippen LogP contribution < -0.4 is 0 Å². The lowest BCUT2D eigenvalue weighted by Crippen LogP contribution is -2.44. The van der Waals surface area contributed by atoms with Crippen LogP contribution in [0.25, 0.3) is 0 Å². The number of fused-ring (bicyclic) bond motifs is 2. The summed E-state index contributed by atoms with van der Waals surface area (Å²) in [4.78, 5) is 30.9. The van der Waals surface area contributed by atoms with Crippen LogP contribution in [0.3, 0.4) is 0 Å². The second-order valence-corrected chi connectivity index (χ2v) is 6.75. The molecule has 1 aliphatic carbocycles. The molecule has 0 radical (unpaired) electrons. The second-order valence-electron chi connectivity index (χ2n) is 6.75. The minimum absolute atomic E-state index is 0.0124. The lowest BCUT2D eigenvalue weighted by atomic mass is 9.67. The Bertz CT molecular complexity index is 849. The monoisotopic (exact) mass is 303 g/mol. The quantitative estimate of drug-likeness (QED) is 0.808. The molecule has 0 N–H and O–H groups in total. The number of hydrogen-bond acceptors (Lipinski definition) is 3. The normalized spacial score (nSPS) is 24.9. The maximum Gasteiger partial charge on any atom is 0.173 e. The molecule has 2 aromatic carbocycles. The molecule has 0 fully saturated rings. The number of carbonyl (C=O) groups is 2. The summed E-state index contributed by atoms with van der Waals surface area (Å²) >= 11 is 0. The summed E-state index contributed by atoms with van der Waals surface area (Å²) in [7, 11) is 0. The van der Waals surface area contributed by atoms with Gasteiger partial charge in [0.05, 0.1) is 23.1 Å². The first kappa shape index (κ1) is 14.1. The van der Waals surface area contributed by atoms with Crippen molar-refractivity contribution in [3.63, 3.8) is 0 Å². The fourth-order valence-electron chi connectivity index (χ4n) is 3.86. The third-order valence-corrected chi connectivity index (χ3v) is 4.89. The maximum absolute atomic E-state index is 13.1. The van der Waals surface area contributed by atoms with Crippen LogP contribution in [0.2, 0.25) is 0 Å². The van der Waals surface area contributed by atoms with E-state index in [1.165, 1.54) is 0 Å². The molecule has 0 bridgehead atoms. The summed E-state index contributed by atoms with van der Waals surface area (Å²) in [6.07, 6.45) is 0. The topological polar surface area (TPSA) is 46.5 Å². The molecule has 1 aliphatic heterocycles. The minimum atomic E-state index is -0.573. The molecule has 3 nitrogen and oxygen atoms in total. The molecule has 0 amide bonds. The van der Waals surface area contributed by atoms with Gasteiger partial charge in [-0.3, -0.25) is 14.6 Å². The summed E-state index contributed by atoms with van der Waals surface area (Å²) in [5.41, 5.74) is 2.16. The number of hydrogen-bond donors (Lipinski definition) is 0. The molecule has 1 heterocycles. The summed E-state index contributed by atoms with van der Waals surface area (Å²) in [6.45, 7) is 3.89. The third kappa shape index (κ3) is 1.93. The van der Waals surface area contributed by atoms with E-state index in [0.717, 1.165) is 11.3 Å². The van der Waals surface area contributed by atoms with Crippen molar-refractivity contribution >= 4 is 17.3 Å². The van der Waals surface area contributed by atoms with Gasteiger partial charge in [-0.25, -0.2) is 0 Å². The van der Waals surface area contributed by atoms with Gasteiger partial charge < -0.3 is 0 Å².